The van der Waals surface area contributed by atoms with Gasteiger partial charge >= 0.3 is 0 Å². The highest BCUT2D eigenvalue weighted by Crippen LogP contribution is 2.32. The zero-order chi connectivity index (χ0) is 14.1. The van der Waals surface area contributed by atoms with Gasteiger partial charge in [-0.3, -0.25) is 0 Å². The van der Waals surface area contributed by atoms with Crippen molar-refractivity contribution in [2.24, 2.45) is 0 Å². The predicted molar refractivity (Wildman–Crippen MR) is 80.7 cm³/mol. The molecule has 0 aliphatic carbocycles. The van der Waals surface area contributed by atoms with Crippen LogP contribution in [0.2, 0.25) is 0 Å². The van der Waals surface area contributed by atoms with Gasteiger partial charge in [-0.1, -0.05) is 42.5 Å². The molecule has 0 aliphatic rings. The second kappa shape index (κ2) is 4.91. The smallest absolute Gasteiger partial charge is 0.130 e. The van der Waals surface area contributed by atoms with Crippen LogP contribution in [0.15, 0.2) is 36.7 Å². The summed E-state index contributed by atoms with van der Waals surface area (Å²) in [6.07, 6.45) is 1.54. The summed E-state index contributed by atoms with van der Waals surface area (Å²) in [5, 5.41) is 9.53. The molecule has 5 heteroatoms. The third-order valence-corrected chi connectivity index (χ3v) is 3.63. The fourth-order valence-electron chi connectivity index (χ4n) is 2.50. The fraction of sp³-hybridized carbons (Fsp3) is 0.133. The van der Waals surface area contributed by atoms with Gasteiger partial charge in [0.05, 0.1) is 12.0 Å². The van der Waals surface area contributed by atoms with E-state index in [-0.39, 0.29) is 0 Å². The van der Waals surface area contributed by atoms with E-state index in [9.17, 15) is 5.26 Å². The Hall–Kier alpha value is -2.45. The van der Waals surface area contributed by atoms with Gasteiger partial charge in [-0.2, -0.15) is 5.26 Å². The summed E-state index contributed by atoms with van der Waals surface area (Å²) < 4.78 is 2.66. The zero-order valence-electron chi connectivity index (χ0n) is 10.9. The molecule has 4 nitrogen and oxygen atoms in total. The molecule has 98 valence electrons. The molecule has 2 aromatic heterocycles. The maximum absolute atomic E-state index is 9.53. The number of nitrogens with zero attached hydrogens (tertiary/aromatic N) is 3. The van der Waals surface area contributed by atoms with Crippen LogP contribution in [0.1, 0.15) is 12.5 Å². The van der Waals surface area contributed by atoms with E-state index in [2.05, 4.69) is 20.6 Å². The molecule has 3 rings (SSSR count). The Morgan fingerprint density at radius 1 is 1.35 bits per heavy atom. The molecular weight excluding hydrogens is 268 g/mol. The third-order valence-electron chi connectivity index (χ3n) is 3.32. The summed E-state index contributed by atoms with van der Waals surface area (Å²) >= 11 is 5.35. The first-order chi connectivity index (χ1) is 9.77. The lowest BCUT2D eigenvalue weighted by Crippen LogP contribution is -1.98. The Kier molecular flexibility index (Phi) is 3.09. The minimum Gasteiger partial charge on any atom is -0.336 e. The number of aromatic amines is 1. The Morgan fingerprint density at radius 3 is 2.75 bits per heavy atom. The summed E-state index contributed by atoms with van der Waals surface area (Å²) in [7, 11) is 0. The molecule has 0 saturated carbocycles. The third kappa shape index (κ3) is 1.74. The van der Waals surface area contributed by atoms with Crippen LogP contribution in [0.5, 0.6) is 0 Å². The molecule has 0 bridgehead atoms. The molecule has 0 amide bonds. The Labute approximate surface area is 121 Å². The van der Waals surface area contributed by atoms with Crippen LogP contribution < -0.4 is 0 Å². The average Bonchev–Trinajstić information content (AvgIpc) is 2.83. The van der Waals surface area contributed by atoms with E-state index in [1.807, 2.05) is 37.3 Å². The first-order valence-electron chi connectivity index (χ1n) is 6.33. The van der Waals surface area contributed by atoms with Crippen LogP contribution >= 0.6 is 12.2 Å². The molecule has 0 aliphatic heterocycles. The standard InChI is InChI=1S/C15H12N4S/c1-2-19-13(10-6-4-3-5-7-10)11(8-16)12-14(19)15(20)18-9-17-12/h3-7,9H,2H2,1H3,(H,17,18,20). The SMILES string of the molecule is CCn1c(-c2ccccc2)c(C#N)c2nc[nH]c(=S)c21. The van der Waals surface area contributed by atoms with Crippen molar-refractivity contribution >= 4 is 23.3 Å². The molecule has 0 saturated heterocycles. The van der Waals surface area contributed by atoms with Crippen molar-refractivity contribution < 1.29 is 0 Å². The average molecular weight is 280 g/mol. The lowest BCUT2D eigenvalue weighted by molar-refractivity contribution is 0.801. The predicted octanol–water partition coefficient (Wildman–Crippen LogP) is 3.65. The Balaban J connectivity index is 2.52. The summed E-state index contributed by atoms with van der Waals surface area (Å²) in [6, 6.07) is 12.1. The fourth-order valence-corrected chi connectivity index (χ4v) is 2.76. The van der Waals surface area contributed by atoms with E-state index in [0.29, 0.717) is 15.7 Å². The van der Waals surface area contributed by atoms with Gasteiger partial charge in [0.1, 0.15) is 27.3 Å². The summed E-state index contributed by atoms with van der Waals surface area (Å²) in [4.78, 5) is 7.24. The molecule has 0 spiro atoms. The van der Waals surface area contributed by atoms with E-state index in [1.54, 1.807) is 6.33 Å². The number of hydrogen-bond acceptors (Lipinski definition) is 3. The number of nitriles is 1. The van der Waals surface area contributed by atoms with E-state index >= 15 is 0 Å². The van der Waals surface area contributed by atoms with Crippen LogP contribution in [-0.4, -0.2) is 14.5 Å². The number of hydrogen-bond donors (Lipinski definition) is 1. The number of aryl methyl sites for hydroxylation is 1. The van der Waals surface area contributed by atoms with Crippen molar-refractivity contribution in [3.63, 3.8) is 0 Å². The van der Waals surface area contributed by atoms with Gasteiger partial charge in [0.2, 0.25) is 0 Å². The van der Waals surface area contributed by atoms with E-state index in [1.165, 1.54) is 0 Å². The quantitative estimate of drug-likeness (QED) is 0.729. The van der Waals surface area contributed by atoms with Crippen LogP contribution in [0.25, 0.3) is 22.3 Å². The highest BCUT2D eigenvalue weighted by atomic mass is 32.1. The molecular formula is C15H12N4S. The van der Waals surface area contributed by atoms with Crippen molar-refractivity contribution in [2.45, 2.75) is 13.5 Å². The largest absolute Gasteiger partial charge is 0.336 e. The lowest BCUT2D eigenvalue weighted by Gasteiger charge is -2.07. The van der Waals surface area contributed by atoms with Crippen molar-refractivity contribution in [1.29, 1.82) is 5.26 Å². The second-order valence-electron chi connectivity index (χ2n) is 4.37. The number of fused-ring (bicyclic) bond motifs is 1. The van der Waals surface area contributed by atoms with Crippen molar-refractivity contribution in [3.8, 4) is 17.3 Å². The van der Waals surface area contributed by atoms with Crippen molar-refractivity contribution in [1.82, 2.24) is 14.5 Å². The van der Waals surface area contributed by atoms with Crippen molar-refractivity contribution in [3.05, 3.63) is 46.9 Å². The highest BCUT2D eigenvalue weighted by Gasteiger charge is 2.19. The van der Waals surface area contributed by atoms with Gasteiger partial charge in [-0.05, 0) is 12.5 Å². The summed E-state index contributed by atoms with van der Waals surface area (Å²) in [5.74, 6) is 0. The minimum absolute atomic E-state index is 0.577. The molecule has 1 N–H and O–H groups in total. The van der Waals surface area contributed by atoms with E-state index in [4.69, 9.17) is 12.2 Å². The minimum atomic E-state index is 0.577. The number of nitrogens with one attached hydrogen (secondary N) is 1. The van der Waals surface area contributed by atoms with Gasteiger partial charge in [-0.25, -0.2) is 4.98 Å². The van der Waals surface area contributed by atoms with Gasteiger partial charge in [-0.15, -0.1) is 0 Å². The molecule has 2 heterocycles. The zero-order valence-corrected chi connectivity index (χ0v) is 11.7. The lowest BCUT2D eigenvalue weighted by atomic mass is 10.1. The Bertz CT molecular complexity index is 869. The van der Waals surface area contributed by atoms with Gasteiger partial charge in [0.15, 0.2) is 0 Å². The van der Waals surface area contributed by atoms with Gasteiger partial charge in [0, 0.05) is 6.54 Å². The van der Waals surface area contributed by atoms with Gasteiger partial charge in [0.25, 0.3) is 0 Å². The molecule has 0 fully saturated rings. The molecule has 1 aromatic carbocycles. The topological polar surface area (TPSA) is 57.4 Å². The maximum atomic E-state index is 9.53. The number of aromatic nitrogens is 3. The summed E-state index contributed by atoms with van der Waals surface area (Å²) in [6.45, 7) is 2.76. The van der Waals surface area contributed by atoms with Gasteiger partial charge < -0.3 is 9.55 Å². The van der Waals surface area contributed by atoms with Crippen LogP contribution in [-0.2, 0) is 6.54 Å². The normalized spacial score (nSPS) is 10.6. The van der Waals surface area contributed by atoms with Crippen LogP contribution in [0.3, 0.4) is 0 Å². The highest BCUT2D eigenvalue weighted by molar-refractivity contribution is 7.71. The molecule has 0 radical (unpaired) electrons. The number of H-pyrrole nitrogens is 1. The molecule has 3 aromatic rings. The van der Waals surface area contributed by atoms with Crippen molar-refractivity contribution in [2.75, 3.05) is 0 Å². The maximum Gasteiger partial charge on any atom is 0.130 e. The Morgan fingerprint density at radius 2 is 2.10 bits per heavy atom. The monoisotopic (exact) mass is 280 g/mol. The first-order valence-corrected chi connectivity index (χ1v) is 6.74. The second-order valence-corrected chi connectivity index (χ2v) is 4.78. The number of rotatable bonds is 2. The molecule has 20 heavy (non-hydrogen) atoms. The van der Waals surface area contributed by atoms with E-state index < -0.39 is 0 Å². The molecule has 0 unspecified atom stereocenters. The molecule has 0 atom stereocenters. The first kappa shape index (κ1) is 12.6. The summed E-state index contributed by atoms with van der Waals surface area (Å²) in [5.41, 5.74) is 3.94. The van der Waals surface area contributed by atoms with Crippen LogP contribution in [0, 0.1) is 16.0 Å². The number of benzene rings is 1. The van der Waals surface area contributed by atoms with Crippen LogP contribution in [0.4, 0.5) is 0 Å². The van der Waals surface area contributed by atoms with E-state index in [0.717, 1.165) is 23.3 Å².